The Kier molecular flexibility index (Phi) is 5.09. The Morgan fingerprint density at radius 2 is 1.70 bits per heavy atom. The molecule has 142 valence electrons. The van der Waals surface area contributed by atoms with Gasteiger partial charge in [-0.25, -0.2) is 0 Å². The molecule has 0 aliphatic carbocycles. The third-order valence-corrected chi connectivity index (χ3v) is 5.99. The van der Waals surface area contributed by atoms with Crippen LogP contribution in [0.1, 0.15) is 60.9 Å². The highest BCUT2D eigenvalue weighted by molar-refractivity contribution is 8.13. The normalized spacial score (nSPS) is 20.6. The molecule has 0 bridgehead atoms. The topological polar surface area (TPSA) is 81.7 Å². The number of benzene rings is 1. The molecule has 2 heterocycles. The molecule has 1 aromatic carbocycles. The van der Waals surface area contributed by atoms with Crippen molar-refractivity contribution in [2.75, 3.05) is 5.75 Å². The highest BCUT2D eigenvalue weighted by Gasteiger charge is 2.52. The van der Waals surface area contributed by atoms with E-state index in [4.69, 9.17) is 9.31 Å². The maximum absolute atomic E-state index is 11.9. The van der Waals surface area contributed by atoms with Crippen LogP contribution in [0.5, 0.6) is 0 Å². The molecule has 8 heteroatoms. The number of nitrogens with one attached hydrogen (secondary N) is 1. The van der Waals surface area contributed by atoms with Crippen LogP contribution in [0.15, 0.2) is 23.7 Å². The van der Waals surface area contributed by atoms with Crippen LogP contribution in [-0.4, -0.2) is 41.0 Å². The number of rotatable bonds is 4. The van der Waals surface area contributed by atoms with Crippen LogP contribution in [0.4, 0.5) is 0 Å². The summed E-state index contributed by atoms with van der Waals surface area (Å²) < 4.78 is 12.2. The fourth-order valence-corrected chi connectivity index (χ4v) is 3.44. The zero-order valence-electron chi connectivity index (χ0n) is 16.0. The van der Waals surface area contributed by atoms with Gasteiger partial charge in [0.15, 0.2) is 5.12 Å². The third-order valence-electron chi connectivity index (χ3n) is 5.11. The molecule has 2 amide bonds. The monoisotopic (exact) mass is 387 g/mol. The third kappa shape index (κ3) is 3.88. The number of fused-ring (bicyclic) bond motifs is 1. The van der Waals surface area contributed by atoms with Gasteiger partial charge in [0, 0.05) is 12.7 Å². The Hall–Kier alpha value is -1.90. The van der Waals surface area contributed by atoms with Gasteiger partial charge < -0.3 is 9.31 Å². The number of imide groups is 1. The predicted octanol–water partition coefficient (Wildman–Crippen LogP) is 2.86. The van der Waals surface area contributed by atoms with E-state index < -0.39 is 24.2 Å². The molecular weight excluding hydrogens is 365 g/mol. The first-order valence-corrected chi connectivity index (χ1v) is 9.68. The van der Waals surface area contributed by atoms with Crippen molar-refractivity contribution in [1.29, 1.82) is 0 Å². The molecule has 0 saturated carbocycles. The van der Waals surface area contributed by atoms with E-state index in [0.717, 1.165) is 11.0 Å². The van der Waals surface area contributed by atoms with Crippen molar-refractivity contribution in [3.8, 4) is 0 Å². The predicted molar refractivity (Wildman–Crippen MR) is 105 cm³/mol. The first-order valence-electron chi connectivity index (χ1n) is 8.69. The fraction of sp³-hybridized carbons (Fsp3) is 0.421. The second-order valence-electron chi connectivity index (χ2n) is 7.68. The lowest BCUT2D eigenvalue weighted by atomic mass is 9.78. The summed E-state index contributed by atoms with van der Waals surface area (Å²) in [4.78, 5) is 35.1. The van der Waals surface area contributed by atoms with Gasteiger partial charge in [-0.05, 0) is 50.9 Å². The molecule has 1 N–H and O–H groups in total. The quantitative estimate of drug-likeness (QED) is 0.632. The Morgan fingerprint density at radius 3 is 2.30 bits per heavy atom. The maximum Gasteiger partial charge on any atom is 0.491 e. The first-order chi connectivity index (χ1) is 12.5. The summed E-state index contributed by atoms with van der Waals surface area (Å²) in [6.45, 7) is 9.38. The summed E-state index contributed by atoms with van der Waals surface area (Å²) in [5.74, 6) is -0.377. The molecule has 1 fully saturated rings. The molecule has 27 heavy (non-hydrogen) atoms. The zero-order chi connectivity index (χ0) is 20.0. The molecule has 0 spiro atoms. The minimum Gasteiger partial charge on any atom is -0.400 e. The number of hydrogen-bond acceptors (Lipinski definition) is 6. The van der Waals surface area contributed by atoms with Crippen LogP contribution >= 0.6 is 11.8 Å². The minimum absolute atomic E-state index is 0.00338. The molecule has 2 aliphatic rings. The SMILES string of the molecule is CC(=O)SCC(=Cc1ccc2c(c1)C(=O)NC2=O)B1OC(C)(C)C(C)(C)O1. The molecular formula is C19H22BNO5S. The van der Waals surface area contributed by atoms with Gasteiger partial charge in [0.25, 0.3) is 11.8 Å². The van der Waals surface area contributed by atoms with Crippen molar-refractivity contribution in [2.45, 2.75) is 45.8 Å². The number of hydrogen-bond donors (Lipinski definition) is 1. The van der Waals surface area contributed by atoms with E-state index in [1.807, 2.05) is 33.8 Å². The lowest BCUT2D eigenvalue weighted by molar-refractivity contribution is -0.109. The molecule has 2 aliphatic heterocycles. The van der Waals surface area contributed by atoms with Gasteiger partial charge in [-0.3, -0.25) is 19.7 Å². The van der Waals surface area contributed by atoms with E-state index in [9.17, 15) is 14.4 Å². The molecule has 1 aromatic rings. The van der Waals surface area contributed by atoms with Crippen molar-refractivity contribution in [3.05, 3.63) is 40.4 Å². The average Bonchev–Trinajstić information content (AvgIpc) is 2.95. The first kappa shape index (κ1) is 19.9. The lowest BCUT2D eigenvalue weighted by Crippen LogP contribution is -2.41. The Labute approximate surface area is 163 Å². The smallest absolute Gasteiger partial charge is 0.400 e. The number of carbonyl (C=O) groups excluding carboxylic acids is 3. The summed E-state index contributed by atoms with van der Waals surface area (Å²) in [6, 6.07) is 5.06. The maximum atomic E-state index is 11.9. The van der Waals surface area contributed by atoms with Crippen LogP contribution in [0.25, 0.3) is 6.08 Å². The van der Waals surface area contributed by atoms with Crippen LogP contribution in [0.2, 0.25) is 0 Å². The second-order valence-corrected chi connectivity index (χ2v) is 8.83. The average molecular weight is 387 g/mol. The van der Waals surface area contributed by atoms with Gasteiger partial charge in [-0.1, -0.05) is 23.9 Å². The van der Waals surface area contributed by atoms with E-state index in [0.29, 0.717) is 16.9 Å². The summed E-state index contributed by atoms with van der Waals surface area (Å²) in [6.07, 6.45) is 1.86. The van der Waals surface area contributed by atoms with Gasteiger partial charge in [0.1, 0.15) is 0 Å². The van der Waals surface area contributed by atoms with E-state index in [-0.39, 0.29) is 11.0 Å². The standard InChI is InChI=1S/C19H22BNO5S/c1-11(22)27-10-13(20-25-18(2,3)19(4,5)26-20)8-12-6-7-14-15(9-12)17(24)21-16(14)23/h6-9H,10H2,1-5H3,(H,21,23,24). The van der Waals surface area contributed by atoms with Crippen LogP contribution in [0.3, 0.4) is 0 Å². The van der Waals surface area contributed by atoms with Crippen molar-refractivity contribution in [2.24, 2.45) is 0 Å². The van der Waals surface area contributed by atoms with Crippen molar-refractivity contribution < 1.29 is 23.7 Å². The number of carbonyl (C=O) groups is 3. The Morgan fingerprint density at radius 1 is 1.11 bits per heavy atom. The van der Waals surface area contributed by atoms with Gasteiger partial charge in [-0.15, -0.1) is 0 Å². The largest absolute Gasteiger partial charge is 0.491 e. The molecule has 6 nitrogen and oxygen atoms in total. The molecule has 3 rings (SSSR count). The molecule has 0 aromatic heterocycles. The van der Waals surface area contributed by atoms with Gasteiger partial charge in [0.05, 0.1) is 22.3 Å². The lowest BCUT2D eigenvalue weighted by Gasteiger charge is -2.32. The summed E-state index contributed by atoms with van der Waals surface area (Å²) in [7, 11) is -0.592. The van der Waals surface area contributed by atoms with E-state index in [1.54, 1.807) is 18.2 Å². The molecule has 0 atom stereocenters. The summed E-state index contributed by atoms with van der Waals surface area (Å²) in [5.41, 5.74) is 1.25. The molecule has 0 radical (unpaired) electrons. The summed E-state index contributed by atoms with van der Waals surface area (Å²) in [5, 5.41) is 2.28. The van der Waals surface area contributed by atoms with Crippen molar-refractivity contribution in [1.82, 2.24) is 5.32 Å². The minimum atomic E-state index is -0.592. The Bertz CT molecular complexity index is 846. The van der Waals surface area contributed by atoms with Crippen LogP contribution < -0.4 is 5.32 Å². The second kappa shape index (κ2) is 6.93. The highest BCUT2D eigenvalue weighted by atomic mass is 32.2. The fourth-order valence-electron chi connectivity index (χ4n) is 2.85. The van der Waals surface area contributed by atoms with Crippen molar-refractivity contribution in [3.63, 3.8) is 0 Å². The molecule has 1 saturated heterocycles. The van der Waals surface area contributed by atoms with Gasteiger partial charge in [0.2, 0.25) is 0 Å². The number of amides is 2. The molecule has 0 unspecified atom stereocenters. The Balaban J connectivity index is 1.94. The van der Waals surface area contributed by atoms with E-state index in [1.165, 1.54) is 18.7 Å². The highest BCUT2D eigenvalue weighted by Crippen LogP contribution is 2.39. The van der Waals surface area contributed by atoms with Gasteiger partial charge in [-0.2, -0.15) is 0 Å². The van der Waals surface area contributed by atoms with Crippen molar-refractivity contribution >= 4 is 41.9 Å². The van der Waals surface area contributed by atoms with Crippen LogP contribution in [0, 0.1) is 0 Å². The van der Waals surface area contributed by atoms with Crippen LogP contribution in [-0.2, 0) is 14.1 Å². The van der Waals surface area contributed by atoms with E-state index >= 15 is 0 Å². The summed E-state index contributed by atoms with van der Waals surface area (Å²) >= 11 is 1.17. The zero-order valence-corrected chi connectivity index (χ0v) is 16.9. The number of thioether (sulfide) groups is 1. The van der Waals surface area contributed by atoms with Gasteiger partial charge >= 0.3 is 7.12 Å². The van der Waals surface area contributed by atoms with E-state index in [2.05, 4.69) is 5.32 Å².